The Kier molecular flexibility index (Phi) is 3.57. The van der Waals surface area contributed by atoms with Gasteiger partial charge < -0.3 is 0 Å². The van der Waals surface area contributed by atoms with E-state index in [0.29, 0.717) is 21.7 Å². The van der Waals surface area contributed by atoms with Crippen molar-refractivity contribution in [2.75, 3.05) is 5.32 Å². The summed E-state index contributed by atoms with van der Waals surface area (Å²) >= 11 is 7.10. The molecule has 0 aliphatic heterocycles. The normalized spacial score (nSPS) is 10.8. The third-order valence-electron chi connectivity index (χ3n) is 2.70. The lowest BCUT2D eigenvalue weighted by atomic mass is 10.2. The van der Waals surface area contributed by atoms with E-state index in [4.69, 9.17) is 11.6 Å². The van der Waals surface area contributed by atoms with Gasteiger partial charge in [0.05, 0.1) is 10.2 Å². The second-order valence-corrected chi connectivity index (χ2v) is 5.71. The lowest BCUT2D eigenvalue weighted by molar-refractivity contribution is 0.102. The monoisotopic (exact) mass is 324 g/mol. The molecule has 0 saturated carbocycles. The summed E-state index contributed by atoms with van der Waals surface area (Å²) in [5.74, 6) is -2.24. The average Bonchev–Trinajstić information content (AvgIpc) is 2.78. The van der Waals surface area contributed by atoms with Crippen LogP contribution in [0.1, 0.15) is 10.4 Å². The predicted octanol–water partition coefficient (Wildman–Crippen LogP) is 4.48. The minimum Gasteiger partial charge on any atom is -0.298 e. The number of amides is 1. The number of aromatic nitrogens is 1. The van der Waals surface area contributed by atoms with Crippen molar-refractivity contribution in [1.29, 1.82) is 0 Å². The highest BCUT2D eigenvalue weighted by Crippen LogP contribution is 2.28. The van der Waals surface area contributed by atoms with Crippen molar-refractivity contribution in [1.82, 2.24) is 4.98 Å². The Morgan fingerprint density at radius 3 is 2.57 bits per heavy atom. The van der Waals surface area contributed by atoms with Gasteiger partial charge in [0.1, 0.15) is 11.6 Å². The fraction of sp³-hybridized carbons (Fsp3) is 0. The SMILES string of the molecule is O=C(Nc1nc2ccc(Cl)cc2s1)c1cc(F)cc(F)c1. The van der Waals surface area contributed by atoms with E-state index in [0.717, 1.165) is 16.8 Å². The van der Waals surface area contributed by atoms with Crippen LogP contribution in [-0.4, -0.2) is 10.9 Å². The number of benzene rings is 2. The number of thiazole rings is 1. The van der Waals surface area contributed by atoms with Gasteiger partial charge in [-0.15, -0.1) is 0 Å². The molecule has 0 aliphatic rings. The zero-order chi connectivity index (χ0) is 15.0. The minimum absolute atomic E-state index is 0.107. The van der Waals surface area contributed by atoms with Crippen molar-refractivity contribution in [3.05, 3.63) is 58.6 Å². The number of anilines is 1. The summed E-state index contributed by atoms with van der Waals surface area (Å²) in [5, 5.41) is 3.41. The Bertz CT molecular complexity index is 830. The molecule has 3 rings (SSSR count). The highest BCUT2D eigenvalue weighted by molar-refractivity contribution is 7.22. The number of nitrogens with one attached hydrogen (secondary N) is 1. The van der Waals surface area contributed by atoms with Crippen molar-refractivity contribution in [2.45, 2.75) is 0 Å². The minimum atomic E-state index is -0.809. The Morgan fingerprint density at radius 2 is 1.86 bits per heavy atom. The first-order valence-electron chi connectivity index (χ1n) is 5.85. The number of fused-ring (bicyclic) bond motifs is 1. The van der Waals surface area contributed by atoms with E-state index >= 15 is 0 Å². The Labute approximate surface area is 127 Å². The van der Waals surface area contributed by atoms with Gasteiger partial charge in [0.2, 0.25) is 0 Å². The van der Waals surface area contributed by atoms with Gasteiger partial charge in [-0.2, -0.15) is 0 Å². The van der Waals surface area contributed by atoms with Gasteiger partial charge in [0.15, 0.2) is 5.13 Å². The van der Waals surface area contributed by atoms with E-state index < -0.39 is 17.5 Å². The van der Waals surface area contributed by atoms with E-state index in [9.17, 15) is 13.6 Å². The summed E-state index contributed by atoms with van der Waals surface area (Å²) in [7, 11) is 0. The average molecular weight is 325 g/mol. The first kappa shape index (κ1) is 13.9. The molecular weight excluding hydrogens is 318 g/mol. The first-order valence-corrected chi connectivity index (χ1v) is 7.04. The van der Waals surface area contributed by atoms with E-state index in [-0.39, 0.29) is 5.56 Å². The molecule has 106 valence electrons. The number of hydrogen-bond acceptors (Lipinski definition) is 3. The summed E-state index contributed by atoms with van der Waals surface area (Å²) in [6, 6.07) is 7.77. The molecule has 1 aromatic heterocycles. The molecule has 3 nitrogen and oxygen atoms in total. The molecule has 0 atom stereocenters. The lowest BCUT2D eigenvalue weighted by Crippen LogP contribution is -2.12. The second kappa shape index (κ2) is 5.38. The van der Waals surface area contributed by atoms with Crippen LogP contribution in [0.15, 0.2) is 36.4 Å². The molecule has 2 aromatic carbocycles. The van der Waals surface area contributed by atoms with Crippen molar-refractivity contribution in [2.24, 2.45) is 0 Å². The van der Waals surface area contributed by atoms with Crippen LogP contribution in [0, 0.1) is 11.6 Å². The van der Waals surface area contributed by atoms with Gasteiger partial charge in [-0.25, -0.2) is 13.8 Å². The number of hydrogen-bond donors (Lipinski definition) is 1. The molecule has 0 saturated heterocycles. The number of carbonyl (C=O) groups is 1. The standard InChI is InChI=1S/C14H7ClF2N2OS/c15-8-1-2-11-12(5-8)21-14(18-11)19-13(20)7-3-9(16)6-10(17)4-7/h1-6H,(H,18,19,20). The highest BCUT2D eigenvalue weighted by Gasteiger charge is 2.12. The van der Waals surface area contributed by atoms with Gasteiger partial charge in [-0.3, -0.25) is 10.1 Å². The maximum atomic E-state index is 13.1. The van der Waals surface area contributed by atoms with E-state index in [1.165, 1.54) is 11.3 Å². The first-order chi connectivity index (χ1) is 10.0. The van der Waals surface area contributed by atoms with Crippen LogP contribution < -0.4 is 5.32 Å². The van der Waals surface area contributed by atoms with Crippen molar-refractivity contribution >= 4 is 44.2 Å². The van der Waals surface area contributed by atoms with Gasteiger partial charge in [-0.05, 0) is 30.3 Å². The maximum Gasteiger partial charge on any atom is 0.257 e. The molecule has 7 heteroatoms. The fourth-order valence-corrected chi connectivity index (χ4v) is 2.94. The van der Waals surface area contributed by atoms with Crippen LogP contribution in [-0.2, 0) is 0 Å². The van der Waals surface area contributed by atoms with Crippen molar-refractivity contribution in [3.8, 4) is 0 Å². The summed E-state index contributed by atoms with van der Waals surface area (Å²) < 4.78 is 27.0. The highest BCUT2D eigenvalue weighted by atomic mass is 35.5. The van der Waals surface area contributed by atoms with Gasteiger partial charge >= 0.3 is 0 Å². The van der Waals surface area contributed by atoms with Crippen molar-refractivity contribution < 1.29 is 13.6 Å². The number of nitrogens with zero attached hydrogens (tertiary/aromatic N) is 1. The molecule has 0 spiro atoms. The van der Waals surface area contributed by atoms with Crippen molar-refractivity contribution in [3.63, 3.8) is 0 Å². The summed E-state index contributed by atoms with van der Waals surface area (Å²) in [6.07, 6.45) is 0. The smallest absolute Gasteiger partial charge is 0.257 e. The number of halogens is 3. The molecule has 0 aliphatic carbocycles. The molecular formula is C14H7ClF2N2OS. The Balaban J connectivity index is 1.88. The lowest BCUT2D eigenvalue weighted by Gasteiger charge is -2.01. The maximum absolute atomic E-state index is 13.1. The van der Waals surface area contributed by atoms with Crippen LogP contribution >= 0.6 is 22.9 Å². The molecule has 3 aromatic rings. The zero-order valence-electron chi connectivity index (χ0n) is 10.4. The third kappa shape index (κ3) is 3.01. The Hall–Kier alpha value is -2.05. The summed E-state index contributed by atoms with van der Waals surface area (Å²) in [4.78, 5) is 16.2. The van der Waals surface area contributed by atoms with Gasteiger partial charge in [0, 0.05) is 16.7 Å². The Morgan fingerprint density at radius 1 is 1.14 bits per heavy atom. The molecule has 1 heterocycles. The van der Waals surface area contributed by atoms with E-state index in [2.05, 4.69) is 10.3 Å². The largest absolute Gasteiger partial charge is 0.298 e. The van der Waals surface area contributed by atoms with E-state index in [1.54, 1.807) is 18.2 Å². The number of rotatable bonds is 2. The molecule has 0 fully saturated rings. The summed E-state index contributed by atoms with van der Waals surface area (Å²) in [6.45, 7) is 0. The van der Waals surface area contributed by atoms with E-state index in [1.807, 2.05) is 0 Å². The molecule has 0 radical (unpaired) electrons. The number of carbonyl (C=O) groups excluding carboxylic acids is 1. The molecule has 0 unspecified atom stereocenters. The quantitative estimate of drug-likeness (QED) is 0.755. The van der Waals surface area contributed by atoms with Crippen LogP contribution in [0.2, 0.25) is 5.02 Å². The van der Waals surface area contributed by atoms with Gasteiger partial charge in [-0.1, -0.05) is 22.9 Å². The molecule has 21 heavy (non-hydrogen) atoms. The third-order valence-corrected chi connectivity index (χ3v) is 3.86. The molecule has 1 amide bonds. The van der Waals surface area contributed by atoms with Crippen LogP contribution in [0.25, 0.3) is 10.2 Å². The van der Waals surface area contributed by atoms with Crippen LogP contribution in [0.5, 0.6) is 0 Å². The zero-order valence-corrected chi connectivity index (χ0v) is 11.9. The summed E-state index contributed by atoms with van der Waals surface area (Å²) in [5.41, 5.74) is 0.579. The second-order valence-electron chi connectivity index (χ2n) is 4.24. The predicted molar refractivity (Wildman–Crippen MR) is 78.9 cm³/mol. The fourth-order valence-electron chi connectivity index (χ4n) is 1.81. The van der Waals surface area contributed by atoms with Crippen LogP contribution in [0.4, 0.5) is 13.9 Å². The molecule has 0 bridgehead atoms. The van der Waals surface area contributed by atoms with Crippen LogP contribution in [0.3, 0.4) is 0 Å². The topological polar surface area (TPSA) is 42.0 Å². The van der Waals surface area contributed by atoms with Gasteiger partial charge in [0.25, 0.3) is 5.91 Å². The molecule has 1 N–H and O–H groups in total.